The van der Waals surface area contributed by atoms with Gasteiger partial charge in [-0.25, -0.2) is 14.4 Å². The minimum atomic E-state index is -1.22. The Morgan fingerprint density at radius 1 is 1.17 bits per heavy atom. The van der Waals surface area contributed by atoms with E-state index in [0.29, 0.717) is 49.1 Å². The molecule has 2 aromatic rings. The van der Waals surface area contributed by atoms with E-state index in [1.165, 1.54) is 0 Å². The number of pyridine rings is 1. The van der Waals surface area contributed by atoms with Gasteiger partial charge in [0, 0.05) is 31.7 Å². The highest BCUT2D eigenvalue weighted by Gasteiger charge is 2.35. The number of anilines is 2. The van der Waals surface area contributed by atoms with E-state index in [9.17, 15) is 9.18 Å². The third-order valence-corrected chi connectivity index (χ3v) is 5.49. The highest BCUT2D eigenvalue weighted by Crippen LogP contribution is 2.26. The number of alkyl halides is 1. The molecule has 0 N–H and O–H groups in total. The van der Waals surface area contributed by atoms with E-state index < -0.39 is 11.8 Å². The van der Waals surface area contributed by atoms with Gasteiger partial charge in [0.25, 0.3) is 5.91 Å². The summed E-state index contributed by atoms with van der Waals surface area (Å²) >= 11 is 0. The van der Waals surface area contributed by atoms with Crippen molar-refractivity contribution in [2.45, 2.75) is 51.8 Å². The summed E-state index contributed by atoms with van der Waals surface area (Å²) in [5, 5.41) is 0. The Labute approximate surface area is 176 Å². The van der Waals surface area contributed by atoms with Crippen LogP contribution in [0.15, 0.2) is 30.7 Å². The molecule has 4 heterocycles. The molecule has 0 aliphatic carbocycles. The Hall–Kier alpha value is -2.77. The molecule has 0 bridgehead atoms. The number of nitrogens with zero attached hydrogens (tertiary/aromatic N) is 5. The van der Waals surface area contributed by atoms with Crippen molar-refractivity contribution in [2.24, 2.45) is 5.92 Å². The Bertz CT molecular complexity index is 876. The van der Waals surface area contributed by atoms with Gasteiger partial charge in [0.15, 0.2) is 6.10 Å². The van der Waals surface area contributed by atoms with E-state index in [1.54, 1.807) is 43.4 Å². The Morgan fingerprint density at radius 2 is 1.90 bits per heavy atom. The van der Waals surface area contributed by atoms with Crippen molar-refractivity contribution in [3.05, 3.63) is 36.4 Å². The molecule has 1 amide bonds. The predicted octanol–water partition coefficient (Wildman–Crippen LogP) is 3.19. The summed E-state index contributed by atoms with van der Waals surface area (Å²) in [6.45, 7) is 7.82. The summed E-state index contributed by atoms with van der Waals surface area (Å²) in [4.78, 5) is 29.7. The van der Waals surface area contributed by atoms with Gasteiger partial charge in [0.05, 0.1) is 24.3 Å². The van der Waals surface area contributed by atoms with E-state index in [-0.39, 0.29) is 5.91 Å². The lowest BCUT2D eigenvalue weighted by Gasteiger charge is -2.37. The van der Waals surface area contributed by atoms with Crippen molar-refractivity contribution in [3.8, 4) is 5.75 Å². The van der Waals surface area contributed by atoms with Crippen molar-refractivity contribution >= 4 is 17.5 Å². The first-order valence-electron chi connectivity index (χ1n) is 10.5. The minimum Gasteiger partial charge on any atom is -0.479 e. The van der Waals surface area contributed by atoms with Crippen LogP contribution >= 0.6 is 0 Å². The second kappa shape index (κ2) is 8.16. The lowest BCUT2D eigenvalue weighted by molar-refractivity contribution is -0.122. The fourth-order valence-electron chi connectivity index (χ4n) is 3.72. The maximum Gasteiger partial charge on any atom is 0.268 e. The van der Waals surface area contributed by atoms with Crippen LogP contribution in [0.4, 0.5) is 16.0 Å². The van der Waals surface area contributed by atoms with E-state index in [0.717, 1.165) is 18.8 Å². The van der Waals surface area contributed by atoms with Crippen molar-refractivity contribution in [3.63, 3.8) is 0 Å². The number of hydrogen-bond acceptors (Lipinski definition) is 6. The van der Waals surface area contributed by atoms with E-state index in [4.69, 9.17) is 4.74 Å². The lowest BCUT2D eigenvalue weighted by Crippen LogP contribution is -2.46. The molecular formula is C22H28FN5O2. The molecule has 7 nitrogen and oxygen atoms in total. The summed E-state index contributed by atoms with van der Waals surface area (Å²) in [6, 6.07) is 3.61. The zero-order valence-corrected chi connectivity index (χ0v) is 17.7. The summed E-state index contributed by atoms with van der Waals surface area (Å²) in [5.41, 5.74) is 0.277. The molecule has 0 aromatic carbocycles. The predicted molar refractivity (Wildman–Crippen MR) is 113 cm³/mol. The fraction of sp³-hybridized carbons (Fsp3) is 0.545. The fourth-order valence-corrected chi connectivity index (χ4v) is 3.72. The smallest absolute Gasteiger partial charge is 0.268 e. The number of rotatable bonds is 7. The first-order chi connectivity index (χ1) is 14.3. The second-order valence-corrected chi connectivity index (χ2v) is 8.84. The number of carbonyl (C=O) groups is 1. The molecule has 2 aliphatic rings. The standard InChI is InChI=1S/C22H28FN5O2/c1-15-13-27(14-15)21-25-10-17(11-26-21)28-9-7-19(20(28)29)30-18-5-4-16(24-12-18)6-8-22(2,3)23/h4-5,10-12,15,19H,6-9,13-14H2,1-3H3/t19-/m1/s1. The topological polar surface area (TPSA) is 71.5 Å². The third-order valence-electron chi connectivity index (χ3n) is 5.49. The van der Waals surface area contributed by atoms with E-state index in [2.05, 4.69) is 26.8 Å². The van der Waals surface area contributed by atoms with Crippen LogP contribution in [0.1, 0.15) is 39.3 Å². The van der Waals surface area contributed by atoms with Gasteiger partial charge in [-0.2, -0.15) is 0 Å². The highest BCUT2D eigenvalue weighted by atomic mass is 19.1. The number of halogens is 1. The molecule has 2 fully saturated rings. The molecule has 2 saturated heterocycles. The van der Waals surface area contributed by atoms with Gasteiger partial charge in [-0.3, -0.25) is 9.78 Å². The number of ether oxygens (including phenoxy) is 1. The third kappa shape index (κ3) is 4.68. The van der Waals surface area contributed by atoms with Crippen LogP contribution < -0.4 is 14.5 Å². The van der Waals surface area contributed by atoms with Gasteiger partial charge in [0.2, 0.25) is 5.95 Å². The molecule has 30 heavy (non-hydrogen) atoms. The first kappa shape index (κ1) is 20.5. The van der Waals surface area contributed by atoms with Crippen molar-refractivity contribution in [1.82, 2.24) is 15.0 Å². The normalized spacial score (nSPS) is 19.9. The SMILES string of the molecule is CC1CN(c2ncc(N3CC[C@@H](Oc4ccc(CCC(C)(C)F)nc4)C3=O)cn2)C1. The largest absolute Gasteiger partial charge is 0.479 e. The van der Waals surface area contributed by atoms with Crippen molar-refractivity contribution < 1.29 is 13.9 Å². The van der Waals surface area contributed by atoms with Crippen LogP contribution in [0.3, 0.4) is 0 Å². The summed E-state index contributed by atoms with van der Waals surface area (Å²) < 4.78 is 19.5. The molecule has 2 aromatic heterocycles. The molecule has 0 saturated carbocycles. The molecule has 0 spiro atoms. The van der Waals surface area contributed by atoms with Gasteiger partial charge < -0.3 is 14.5 Å². The average molecular weight is 413 g/mol. The summed E-state index contributed by atoms with van der Waals surface area (Å²) in [6.07, 6.45) is 6.01. The number of aryl methyl sites for hydroxylation is 1. The van der Waals surface area contributed by atoms with Gasteiger partial charge >= 0.3 is 0 Å². The van der Waals surface area contributed by atoms with Gasteiger partial charge in [-0.1, -0.05) is 6.92 Å². The zero-order chi connectivity index (χ0) is 21.3. The molecule has 0 unspecified atom stereocenters. The maximum absolute atomic E-state index is 13.6. The van der Waals surface area contributed by atoms with Crippen molar-refractivity contribution in [2.75, 3.05) is 29.4 Å². The number of amides is 1. The molecule has 2 aliphatic heterocycles. The number of aromatic nitrogens is 3. The Kier molecular flexibility index (Phi) is 5.58. The van der Waals surface area contributed by atoms with E-state index >= 15 is 0 Å². The first-order valence-corrected chi connectivity index (χ1v) is 10.5. The molecule has 1 atom stereocenters. The lowest BCUT2D eigenvalue weighted by atomic mass is 10.0. The van der Waals surface area contributed by atoms with Crippen LogP contribution in [0.25, 0.3) is 0 Å². The Balaban J connectivity index is 1.33. The number of carbonyl (C=O) groups excluding carboxylic acids is 1. The van der Waals surface area contributed by atoms with Crippen LogP contribution in [-0.2, 0) is 11.2 Å². The van der Waals surface area contributed by atoms with Crippen LogP contribution in [0.5, 0.6) is 5.75 Å². The van der Waals surface area contributed by atoms with E-state index in [1.807, 2.05) is 6.07 Å². The summed E-state index contributed by atoms with van der Waals surface area (Å²) in [7, 11) is 0. The highest BCUT2D eigenvalue weighted by molar-refractivity contribution is 5.98. The monoisotopic (exact) mass is 413 g/mol. The van der Waals surface area contributed by atoms with Crippen LogP contribution in [-0.4, -0.2) is 52.3 Å². The molecular weight excluding hydrogens is 385 g/mol. The molecule has 0 radical (unpaired) electrons. The van der Waals surface area contributed by atoms with Gasteiger partial charge in [0.1, 0.15) is 11.4 Å². The van der Waals surface area contributed by atoms with Crippen LogP contribution in [0.2, 0.25) is 0 Å². The minimum absolute atomic E-state index is 0.104. The van der Waals surface area contributed by atoms with Crippen LogP contribution in [0, 0.1) is 5.92 Å². The quantitative estimate of drug-likeness (QED) is 0.694. The van der Waals surface area contributed by atoms with Crippen molar-refractivity contribution in [1.29, 1.82) is 0 Å². The maximum atomic E-state index is 13.6. The zero-order valence-electron chi connectivity index (χ0n) is 17.7. The molecule has 160 valence electrons. The molecule has 8 heteroatoms. The molecule has 4 rings (SSSR count). The Morgan fingerprint density at radius 3 is 2.50 bits per heavy atom. The average Bonchev–Trinajstić information content (AvgIpc) is 3.05. The van der Waals surface area contributed by atoms with Gasteiger partial charge in [-0.15, -0.1) is 0 Å². The van der Waals surface area contributed by atoms with Gasteiger partial charge in [-0.05, 0) is 44.7 Å². The second-order valence-electron chi connectivity index (χ2n) is 8.84. The number of hydrogen-bond donors (Lipinski definition) is 0. The summed E-state index contributed by atoms with van der Waals surface area (Å²) in [5.74, 6) is 1.81.